The van der Waals surface area contributed by atoms with Gasteiger partial charge in [-0.25, -0.2) is 0 Å². The summed E-state index contributed by atoms with van der Waals surface area (Å²) in [7, 11) is 0. The van der Waals surface area contributed by atoms with Crippen molar-refractivity contribution in [3.63, 3.8) is 0 Å². The number of hydrogen-bond acceptors (Lipinski definition) is 1. The van der Waals surface area contributed by atoms with Gasteiger partial charge in [0.1, 0.15) is 5.54 Å². The van der Waals surface area contributed by atoms with Crippen LogP contribution in [0.15, 0.2) is 90.0 Å². The average Bonchev–Trinajstić information content (AvgIpc) is 2.67. The SMILES string of the molecule is [N-]=[N+]=NC(c1ccccc1)(c1ccccc1)c1cccc(C(F)(F)F)c1. The molecule has 0 spiro atoms. The van der Waals surface area contributed by atoms with Gasteiger partial charge in [0.25, 0.3) is 0 Å². The van der Waals surface area contributed by atoms with Crippen LogP contribution in [0, 0.1) is 0 Å². The predicted octanol–water partition coefficient (Wildman–Crippen LogP) is 6.31. The first-order chi connectivity index (χ1) is 12.5. The van der Waals surface area contributed by atoms with Crippen LogP contribution in [-0.2, 0) is 11.7 Å². The second kappa shape index (κ2) is 6.94. The standard InChI is InChI=1S/C20H14F3N3/c21-20(22,23)18-13-7-12-17(14-18)19(25-26-24,15-8-3-1-4-9-15)16-10-5-2-6-11-16/h1-14H. The van der Waals surface area contributed by atoms with E-state index in [9.17, 15) is 18.7 Å². The number of halogens is 3. The van der Waals surface area contributed by atoms with Crippen molar-refractivity contribution in [2.45, 2.75) is 11.7 Å². The molecule has 0 saturated carbocycles. The highest BCUT2D eigenvalue weighted by molar-refractivity contribution is 5.50. The maximum absolute atomic E-state index is 13.2. The summed E-state index contributed by atoms with van der Waals surface area (Å²) in [5, 5.41) is 4.00. The number of benzene rings is 3. The van der Waals surface area contributed by atoms with Crippen LogP contribution in [-0.4, -0.2) is 0 Å². The van der Waals surface area contributed by atoms with Crippen LogP contribution in [0.3, 0.4) is 0 Å². The highest BCUT2D eigenvalue weighted by Crippen LogP contribution is 2.42. The lowest BCUT2D eigenvalue weighted by Crippen LogP contribution is -2.27. The molecule has 3 rings (SSSR count). The van der Waals surface area contributed by atoms with Crippen molar-refractivity contribution in [1.29, 1.82) is 0 Å². The van der Waals surface area contributed by atoms with Crippen LogP contribution >= 0.6 is 0 Å². The molecule has 0 fully saturated rings. The third-order valence-electron chi connectivity index (χ3n) is 4.19. The molecule has 0 heterocycles. The maximum Gasteiger partial charge on any atom is 0.416 e. The Morgan fingerprint density at radius 2 is 1.12 bits per heavy atom. The molecule has 0 aromatic heterocycles. The number of rotatable bonds is 4. The molecule has 0 atom stereocenters. The van der Waals surface area contributed by atoms with Crippen molar-refractivity contribution in [3.8, 4) is 0 Å². The molecule has 3 aromatic rings. The fraction of sp³-hybridized carbons (Fsp3) is 0.100. The average molecular weight is 353 g/mol. The number of hydrogen-bond donors (Lipinski definition) is 0. The minimum atomic E-state index is -4.49. The fourth-order valence-electron chi connectivity index (χ4n) is 3.02. The Morgan fingerprint density at radius 3 is 1.58 bits per heavy atom. The lowest BCUT2D eigenvalue weighted by atomic mass is 9.77. The quantitative estimate of drug-likeness (QED) is 0.228. The van der Waals surface area contributed by atoms with E-state index in [2.05, 4.69) is 10.0 Å². The summed E-state index contributed by atoms with van der Waals surface area (Å²) in [6.07, 6.45) is -4.49. The molecule has 0 bridgehead atoms. The van der Waals surface area contributed by atoms with Crippen molar-refractivity contribution in [2.75, 3.05) is 0 Å². The number of azide groups is 1. The van der Waals surface area contributed by atoms with E-state index in [-0.39, 0.29) is 5.56 Å². The fourth-order valence-corrected chi connectivity index (χ4v) is 3.02. The first kappa shape index (κ1) is 17.6. The molecule has 0 amide bonds. The van der Waals surface area contributed by atoms with E-state index < -0.39 is 17.3 Å². The smallest absolute Gasteiger partial charge is 0.166 e. The van der Waals surface area contributed by atoms with Crippen molar-refractivity contribution in [1.82, 2.24) is 0 Å². The van der Waals surface area contributed by atoms with Crippen LogP contribution in [0.5, 0.6) is 0 Å². The van der Waals surface area contributed by atoms with Gasteiger partial charge in [-0.2, -0.15) is 13.2 Å². The Labute approximate surface area is 148 Å². The van der Waals surface area contributed by atoms with Gasteiger partial charge in [0, 0.05) is 4.91 Å². The summed E-state index contributed by atoms with van der Waals surface area (Å²) >= 11 is 0. The summed E-state index contributed by atoms with van der Waals surface area (Å²) in [6.45, 7) is 0. The van der Waals surface area contributed by atoms with Gasteiger partial charge in [-0.3, -0.25) is 0 Å². The van der Waals surface area contributed by atoms with Gasteiger partial charge in [0.2, 0.25) is 0 Å². The Bertz CT molecular complexity index is 892. The molecule has 0 radical (unpaired) electrons. The molecule has 130 valence electrons. The van der Waals surface area contributed by atoms with E-state index in [1.54, 1.807) is 66.7 Å². The predicted molar refractivity (Wildman–Crippen MR) is 93.4 cm³/mol. The van der Waals surface area contributed by atoms with E-state index in [1.807, 2.05) is 0 Å². The third kappa shape index (κ3) is 3.15. The summed E-state index contributed by atoms with van der Waals surface area (Å²) in [5.41, 5.74) is 8.48. The minimum Gasteiger partial charge on any atom is -0.166 e. The maximum atomic E-state index is 13.2. The zero-order chi connectivity index (χ0) is 18.6. The topological polar surface area (TPSA) is 48.8 Å². The summed E-state index contributed by atoms with van der Waals surface area (Å²) in [6, 6.07) is 22.5. The Balaban J connectivity index is 2.37. The molecule has 0 unspecified atom stereocenters. The lowest BCUT2D eigenvalue weighted by molar-refractivity contribution is -0.137. The minimum absolute atomic E-state index is 0.252. The molecule has 26 heavy (non-hydrogen) atoms. The molecular formula is C20H14F3N3. The van der Waals surface area contributed by atoms with Gasteiger partial charge in [0.15, 0.2) is 0 Å². The Hall–Kier alpha value is -3.24. The zero-order valence-electron chi connectivity index (χ0n) is 13.6. The van der Waals surface area contributed by atoms with E-state index in [0.717, 1.165) is 12.1 Å². The van der Waals surface area contributed by atoms with Gasteiger partial charge in [-0.15, -0.1) is 0 Å². The first-order valence-corrected chi connectivity index (χ1v) is 7.83. The summed E-state index contributed by atoms with van der Waals surface area (Å²) in [5.74, 6) is 0. The second-order valence-electron chi connectivity index (χ2n) is 5.71. The third-order valence-corrected chi connectivity index (χ3v) is 4.19. The summed E-state index contributed by atoms with van der Waals surface area (Å²) < 4.78 is 39.7. The van der Waals surface area contributed by atoms with E-state index in [4.69, 9.17) is 0 Å². The van der Waals surface area contributed by atoms with Crippen molar-refractivity contribution < 1.29 is 13.2 Å². The van der Waals surface area contributed by atoms with Gasteiger partial charge in [-0.05, 0) is 28.3 Å². The van der Waals surface area contributed by atoms with E-state index >= 15 is 0 Å². The van der Waals surface area contributed by atoms with Gasteiger partial charge < -0.3 is 0 Å². The van der Waals surface area contributed by atoms with E-state index in [1.165, 1.54) is 6.07 Å². The van der Waals surface area contributed by atoms with Gasteiger partial charge in [0.05, 0.1) is 5.56 Å². The van der Waals surface area contributed by atoms with Crippen molar-refractivity contribution in [2.24, 2.45) is 5.11 Å². The Kier molecular flexibility index (Phi) is 4.69. The molecule has 3 aromatic carbocycles. The van der Waals surface area contributed by atoms with Crippen molar-refractivity contribution >= 4 is 0 Å². The van der Waals surface area contributed by atoms with Crippen LogP contribution < -0.4 is 0 Å². The largest absolute Gasteiger partial charge is 0.416 e. The zero-order valence-corrected chi connectivity index (χ0v) is 13.6. The van der Waals surface area contributed by atoms with Gasteiger partial charge >= 0.3 is 6.18 Å². The Morgan fingerprint density at radius 1 is 0.654 bits per heavy atom. The van der Waals surface area contributed by atoms with Crippen LogP contribution in [0.1, 0.15) is 22.3 Å². The molecule has 0 N–H and O–H groups in total. The van der Waals surface area contributed by atoms with Crippen molar-refractivity contribution in [3.05, 3.63) is 118 Å². The molecule has 0 saturated heterocycles. The van der Waals surface area contributed by atoms with E-state index in [0.29, 0.717) is 11.1 Å². The summed E-state index contributed by atoms with van der Waals surface area (Å²) in [4.78, 5) is 2.97. The van der Waals surface area contributed by atoms with Crippen LogP contribution in [0.4, 0.5) is 13.2 Å². The highest BCUT2D eigenvalue weighted by atomic mass is 19.4. The molecule has 0 aliphatic carbocycles. The second-order valence-corrected chi connectivity index (χ2v) is 5.71. The monoisotopic (exact) mass is 353 g/mol. The van der Waals surface area contributed by atoms with Crippen LogP contribution in [0.2, 0.25) is 0 Å². The molecule has 0 aliphatic heterocycles. The van der Waals surface area contributed by atoms with Crippen LogP contribution in [0.25, 0.3) is 10.4 Å². The molecule has 6 heteroatoms. The normalized spacial score (nSPS) is 11.7. The highest BCUT2D eigenvalue weighted by Gasteiger charge is 2.38. The molecular weight excluding hydrogens is 339 g/mol. The number of alkyl halides is 3. The van der Waals surface area contributed by atoms with Gasteiger partial charge in [-0.1, -0.05) is 84.0 Å². The first-order valence-electron chi connectivity index (χ1n) is 7.83. The lowest BCUT2D eigenvalue weighted by Gasteiger charge is -2.31. The molecule has 0 aliphatic rings. The number of nitrogens with zero attached hydrogens (tertiary/aromatic N) is 3. The molecule has 3 nitrogen and oxygen atoms in total.